The predicted molar refractivity (Wildman–Crippen MR) is 158 cm³/mol. The summed E-state index contributed by atoms with van der Waals surface area (Å²) < 4.78 is 8.35. The van der Waals surface area contributed by atoms with E-state index in [1.54, 1.807) is 0 Å². The number of nitrogens with zero attached hydrogens (tertiary/aromatic N) is 2. The van der Waals surface area contributed by atoms with Gasteiger partial charge in [0.25, 0.3) is 0 Å². The molecule has 7 aromatic rings. The molecule has 0 saturated carbocycles. The predicted octanol–water partition coefficient (Wildman–Crippen LogP) is 9.46. The van der Waals surface area contributed by atoms with E-state index in [4.69, 9.17) is 4.42 Å². The fraction of sp³-hybridized carbons (Fsp3) is 0.114. The molecule has 2 aromatic heterocycles. The van der Waals surface area contributed by atoms with Crippen LogP contribution in [0.25, 0.3) is 61.2 Å². The lowest BCUT2D eigenvalue weighted by atomic mass is 9.99. The second-order valence-corrected chi connectivity index (χ2v) is 10.4. The van der Waals surface area contributed by atoms with Crippen molar-refractivity contribution in [2.75, 3.05) is 0 Å². The molecular formula is C35H28N2O. The SMILES string of the molecule is CC(C)Cc1ccc2c(c1)c1cc(-c3ccc(-c4nc5ccccc5o4)cc3)ccc1n2-c1ccccc1. The Morgan fingerprint density at radius 2 is 1.32 bits per heavy atom. The van der Waals surface area contributed by atoms with E-state index in [1.165, 1.54) is 44.2 Å². The minimum atomic E-state index is 0.616. The van der Waals surface area contributed by atoms with Crippen LogP contribution in [0.2, 0.25) is 0 Å². The molecule has 0 aliphatic carbocycles. The summed E-state index contributed by atoms with van der Waals surface area (Å²) in [5.41, 5.74) is 10.1. The van der Waals surface area contributed by atoms with Crippen molar-refractivity contribution >= 4 is 32.9 Å². The number of benzene rings is 5. The molecule has 5 aromatic carbocycles. The van der Waals surface area contributed by atoms with Crippen LogP contribution in [0, 0.1) is 5.92 Å². The van der Waals surface area contributed by atoms with E-state index < -0.39 is 0 Å². The molecule has 7 rings (SSSR count). The summed E-state index contributed by atoms with van der Waals surface area (Å²) in [6.45, 7) is 4.56. The number of hydrogen-bond donors (Lipinski definition) is 0. The lowest BCUT2D eigenvalue weighted by Gasteiger charge is -2.09. The van der Waals surface area contributed by atoms with Crippen LogP contribution < -0.4 is 0 Å². The normalized spacial score (nSPS) is 11.8. The summed E-state index contributed by atoms with van der Waals surface area (Å²) in [6, 6.07) is 40.8. The summed E-state index contributed by atoms with van der Waals surface area (Å²) in [5.74, 6) is 1.27. The van der Waals surface area contributed by atoms with Crippen molar-refractivity contribution in [3.05, 3.63) is 121 Å². The highest BCUT2D eigenvalue weighted by molar-refractivity contribution is 6.10. The zero-order valence-corrected chi connectivity index (χ0v) is 21.6. The number of hydrogen-bond acceptors (Lipinski definition) is 2. The maximum atomic E-state index is 5.97. The first kappa shape index (κ1) is 22.6. The minimum Gasteiger partial charge on any atom is -0.436 e. The molecule has 0 saturated heterocycles. The Kier molecular flexibility index (Phi) is 5.36. The van der Waals surface area contributed by atoms with Crippen molar-refractivity contribution in [3.8, 4) is 28.3 Å². The van der Waals surface area contributed by atoms with Gasteiger partial charge in [0.05, 0.1) is 11.0 Å². The van der Waals surface area contributed by atoms with E-state index in [0.717, 1.165) is 23.1 Å². The van der Waals surface area contributed by atoms with Gasteiger partial charge in [-0.3, -0.25) is 0 Å². The van der Waals surface area contributed by atoms with Gasteiger partial charge in [0, 0.05) is 22.0 Å². The van der Waals surface area contributed by atoms with Gasteiger partial charge in [-0.2, -0.15) is 0 Å². The van der Waals surface area contributed by atoms with E-state index in [9.17, 15) is 0 Å². The number of para-hydroxylation sites is 3. The van der Waals surface area contributed by atoms with Gasteiger partial charge in [-0.1, -0.05) is 68.4 Å². The molecule has 0 atom stereocenters. The second-order valence-electron chi connectivity index (χ2n) is 10.4. The standard InChI is InChI=1S/C35H28N2O/c1-23(2)20-24-12-18-32-29(21-24)30-22-27(17-19-33(30)37(32)28-8-4-3-5-9-28)25-13-15-26(16-14-25)35-36-31-10-6-7-11-34(31)38-35/h3-19,21-23H,20H2,1-2H3. The van der Waals surface area contributed by atoms with E-state index >= 15 is 0 Å². The van der Waals surface area contributed by atoms with Gasteiger partial charge < -0.3 is 8.98 Å². The van der Waals surface area contributed by atoms with Crippen LogP contribution in [0.4, 0.5) is 0 Å². The summed E-state index contributed by atoms with van der Waals surface area (Å²) in [5, 5.41) is 2.57. The van der Waals surface area contributed by atoms with E-state index in [-0.39, 0.29) is 0 Å². The molecule has 0 fully saturated rings. The summed E-state index contributed by atoms with van der Waals surface area (Å²) in [7, 11) is 0. The van der Waals surface area contributed by atoms with Gasteiger partial charge in [-0.15, -0.1) is 0 Å². The number of aromatic nitrogens is 2. The average Bonchev–Trinajstić information content (AvgIpc) is 3.52. The second kappa shape index (κ2) is 9.04. The number of fused-ring (bicyclic) bond motifs is 4. The highest BCUT2D eigenvalue weighted by Crippen LogP contribution is 2.36. The van der Waals surface area contributed by atoms with E-state index in [1.807, 2.05) is 24.3 Å². The molecule has 0 amide bonds. The van der Waals surface area contributed by atoms with E-state index in [0.29, 0.717) is 11.8 Å². The lowest BCUT2D eigenvalue weighted by Crippen LogP contribution is -1.95. The molecule has 3 heteroatoms. The van der Waals surface area contributed by atoms with Crippen molar-refractivity contribution < 1.29 is 4.42 Å². The first-order chi connectivity index (χ1) is 18.6. The molecular weight excluding hydrogens is 464 g/mol. The smallest absolute Gasteiger partial charge is 0.227 e. The Labute approximate surface area is 222 Å². The molecule has 0 spiro atoms. The Morgan fingerprint density at radius 3 is 2.08 bits per heavy atom. The van der Waals surface area contributed by atoms with Gasteiger partial charge in [0.15, 0.2) is 5.58 Å². The maximum absolute atomic E-state index is 5.97. The zero-order chi connectivity index (χ0) is 25.6. The fourth-order valence-corrected chi connectivity index (χ4v) is 5.50. The van der Waals surface area contributed by atoms with Crippen LogP contribution in [-0.4, -0.2) is 9.55 Å². The van der Waals surface area contributed by atoms with Crippen molar-refractivity contribution in [1.29, 1.82) is 0 Å². The third-order valence-electron chi connectivity index (χ3n) is 7.25. The van der Waals surface area contributed by atoms with Crippen LogP contribution in [-0.2, 0) is 6.42 Å². The highest BCUT2D eigenvalue weighted by atomic mass is 16.3. The van der Waals surface area contributed by atoms with Crippen LogP contribution in [0.3, 0.4) is 0 Å². The van der Waals surface area contributed by atoms with Crippen molar-refractivity contribution in [3.63, 3.8) is 0 Å². The fourth-order valence-electron chi connectivity index (χ4n) is 5.50. The van der Waals surface area contributed by atoms with Crippen LogP contribution >= 0.6 is 0 Å². The van der Waals surface area contributed by atoms with Crippen LogP contribution in [0.1, 0.15) is 19.4 Å². The maximum Gasteiger partial charge on any atom is 0.227 e. The highest BCUT2D eigenvalue weighted by Gasteiger charge is 2.15. The quantitative estimate of drug-likeness (QED) is 0.240. The Balaban J connectivity index is 1.35. The van der Waals surface area contributed by atoms with Crippen molar-refractivity contribution in [2.45, 2.75) is 20.3 Å². The largest absolute Gasteiger partial charge is 0.436 e. The number of rotatable bonds is 5. The average molecular weight is 493 g/mol. The summed E-state index contributed by atoms with van der Waals surface area (Å²) in [4.78, 5) is 4.65. The van der Waals surface area contributed by atoms with Crippen LogP contribution in [0.15, 0.2) is 120 Å². The molecule has 0 aliphatic heterocycles. The molecule has 184 valence electrons. The molecule has 0 N–H and O–H groups in total. The van der Waals surface area contributed by atoms with E-state index in [2.05, 4.69) is 114 Å². The third kappa shape index (κ3) is 3.88. The zero-order valence-electron chi connectivity index (χ0n) is 21.6. The molecule has 38 heavy (non-hydrogen) atoms. The molecule has 0 radical (unpaired) electrons. The van der Waals surface area contributed by atoms with Gasteiger partial charge >= 0.3 is 0 Å². The number of oxazole rings is 1. The molecule has 0 aliphatic rings. The molecule has 0 bridgehead atoms. The summed E-state index contributed by atoms with van der Waals surface area (Å²) >= 11 is 0. The van der Waals surface area contributed by atoms with Gasteiger partial charge in [-0.25, -0.2) is 4.98 Å². The topological polar surface area (TPSA) is 31.0 Å². The Morgan fingerprint density at radius 1 is 0.658 bits per heavy atom. The molecule has 2 heterocycles. The van der Waals surface area contributed by atoms with Crippen molar-refractivity contribution in [1.82, 2.24) is 9.55 Å². The van der Waals surface area contributed by atoms with Gasteiger partial charge in [0.2, 0.25) is 5.89 Å². The van der Waals surface area contributed by atoms with Crippen molar-refractivity contribution in [2.24, 2.45) is 5.92 Å². The van der Waals surface area contributed by atoms with Gasteiger partial charge in [-0.05, 0) is 89.7 Å². The third-order valence-corrected chi connectivity index (χ3v) is 7.25. The molecule has 3 nitrogen and oxygen atoms in total. The monoisotopic (exact) mass is 492 g/mol. The first-order valence-corrected chi connectivity index (χ1v) is 13.2. The Hall–Kier alpha value is -4.63. The van der Waals surface area contributed by atoms with Gasteiger partial charge in [0.1, 0.15) is 5.52 Å². The lowest BCUT2D eigenvalue weighted by molar-refractivity contribution is 0.620. The minimum absolute atomic E-state index is 0.616. The van der Waals surface area contributed by atoms with Crippen LogP contribution in [0.5, 0.6) is 0 Å². The Bertz CT molecular complexity index is 1870. The molecule has 0 unspecified atom stereocenters. The first-order valence-electron chi connectivity index (χ1n) is 13.2. The summed E-state index contributed by atoms with van der Waals surface area (Å²) in [6.07, 6.45) is 1.07.